The Bertz CT molecular complexity index is 1320. The number of hydrogen-bond donors (Lipinski definition) is 0. The molecular formula is C32H24O3. The zero-order valence-electron chi connectivity index (χ0n) is 19.2. The van der Waals surface area contributed by atoms with E-state index in [1.54, 1.807) is 0 Å². The molecule has 0 radical (unpaired) electrons. The van der Waals surface area contributed by atoms with Crippen LogP contribution in [0.5, 0.6) is 0 Å². The molecule has 0 atom stereocenters. The Kier molecular flexibility index (Phi) is 6.49. The van der Waals surface area contributed by atoms with Gasteiger partial charge in [-0.3, -0.25) is 9.59 Å². The van der Waals surface area contributed by atoms with Gasteiger partial charge in [0.05, 0.1) is 0 Å². The Morgan fingerprint density at radius 3 is 1.11 bits per heavy atom. The first kappa shape index (κ1) is 22.3. The molecule has 0 bridgehead atoms. The number of rotatable bonds is 8. The monoisotopic (exact) mass is 456 g/mol. The molecule has 0 saturated heterocycles. The van der Waals surface area contributed by atoms with E-state index in [2.05, 4.69) is 0 Å². The van der Waals surface area contributed by atoms with Crippen molar-refractivity contribution in [3.05, 3.63) is 144 Å². The molecule has 0 aliphatic heterocycles. The van der Waals surface area contributed by atoms with E-state index < -0.39 is 0 Å². The molecule has 0 N–H and O–H groups in total. The van der Waals surface area contributed by atoms with Gasteiger partial charge in [-0.2, -0.15) is 0 Å². The smallest absolute Gasteiger partial charge is 0.167 e. The number of ketones is 2. The van der Waals surface area contributed by atoms with Gasteiger partial charge in [0.1, 0.15) is 11.5 Å². The van der Waals surface area contributed by atoms with Crippen molar-refractivity contribution in [1.82, 2.24) is 0 Å². The van der Waals surface area contributed by atoms with Crippen molar-refractivity contribution in [2.45, 2.75) is 12.8 Å². The summed E-state index contributed by atoms with van der Waals surface area (Å²) in [5.41, 5.74) is 4.53. The van der Waals surface area contributed by atoms with Gasteiger partial charge in [0.15, 0.2) is 11.6 Å². The van der Waals surface area contributed by atoms with E-state index in [1.165, 1.54) is 0 Å². The van der Waals surface area contributed by atoms with Crippen LogP contribution in [-0.4, -0.2) is 11.6 Å². The summed E-state index contributed by atoms with van der Waals surface area (Å²) in [6.45, 7) is 0. The number of benzene rings is 4. The third kappa shape index (κ3) is 4.90. The molecule has 1 heterocycles. The molecule has 0 spiro atoms. The summed E-state index contributed by atoms with van der Waals surface area (Å²) in [7, 11) is 0. The van der Waals surface area contributed by atoms with Gasteiger partial charge in [-0.25, -0.2) is 0 Å². The second-order valence-corrected chi connectivity index (χ2v) is 8.38. The highest BCUT2D eigenvalue weighted by atomic mass is 16.3. The van der Waals surface area contributed by atoms with Crippen LogP contribution in [0, 0.1) is 0 Å². The van der Waals surface area contributed by atoms with Crippen molar-refractivity contribution in [2.75, 3.05) is 0 Å². The van der Waals surface area contributed by atoms with Crippen molar-refractivity contribution >= 4 is 11.6 Å². The normalized spacial score (nSPS) is 10.7. The number of Topliss-reactive ketones (excluding diaryl/α,β-unsaturated/α-hetero) is 2. The lowest BCUT2D eigenvalue weighted by atomic mass is 9.91. The first-order chi connectivity index (χ1) is 17.2. The SMILES string of the molecule is O=C(Cc1c(-c2ccccc2)oc(-c2ccccc2)c1CC(=O)c1ccccc1)c1ccccc1. The lowest BCUT2D eigenvalue weighted by Gasteiger charge is -2.08. The maximum absolute atomic E-state index is 13.3. The summed E-state index contributed by atoms with van der Waals surface area (Å²) >= 11 is 0. The maximum atomic E-state index is 13.3. The lowest BCUT2D eigenvalue weighted by Crippen LogP contribution is -2.09. The molecule has 0 saturated carbocycles. The number of carbonyl (C=O) groups is 2. The molecular weight excluding hydrogens is 432 g/mol. The van der Waals surface area contributed by atoms with Gasteiger partial charge < -0.3 is 4.42 Å². The van der Waals surface area contributed by atoms with Crippen molar-refractivity contribution in [1.29, 1.82) is 0 Å². The molecule has 0 aliphatic rings. The van der Waals surface area contributed by atoms with E-state index in [9.17, 15) is 9.59 Å². The standard InChI is InChI=1S/C32H24O3/c33-29(23-13-5-1-6-14-23)21-27-28(22-30(34)24-15-7-2-8-16-24)32(26-19-11-4-12-20-26)35-31(27)25-17-9-3-10-18-25/h1-20H,21-22H2. The Morgan fingerprint density at radius 1 is 0.457 bits per heavy atom. The van der Waals surface area contributed by atoms with Crippen LogP contribution < -0.4 is 0 Å². The van der Waals surface area contributed by atoms with Gasteiger partial charge in [0.25, 0.3) is 0 Å². The highest BCUT2D eigenvalue weighted by molar-refractivity contribution is 6.01. The topological polar surface area (TPSA) is 47.3 Å². The fraction of sp³-hybridized carbons (Fsp3) is 0.0625. The predicted octanol–water partition coefficient (Wildman–Crippen LogP) is 7.46. The minimum atomic E-state index is -0.0170. The summed E-state index contributed by atoms with van der Waals surface area (Å²) in [6.07, 6.45) is 0.282. The number of furan rings is 1. The van der Waals surface area contributed by atoms with E-state index in [0.717, 1.165) is 22.3 Å². The maximum Gasteiger partial charge on any atom is 0.167 e. The van der Waals surface area contributed by atoms with Gasteiger partial charge in [0.2, 0.25) is 0 Å². The van der Waals surface area contributed by atoms with Crippen molar-refractivity contribution in [3.8, 4) is 22.6 Å². The molecule has 5 aromatic rings. The molecule has 5 rings (SSSR count). The quantitative estimate of drug-likeness (QED) is 0.228. The molecule has 170 valence electrons. The first-order valence-electron chi connectivity index (χ1n) is 11.6. The highest BCUT2D eigenvalue weighted by Gasteiger charge is 2.26. The number of hydrogen-bond acceptors (Lipinski definition) is 3. The van der Waals surface area contributed by atoms with Crippen molar-refractivity contribution in [3.63, 3.8) is 0 Å². The average molecular weight is 457 g/mol. The third-order valence-electron chi connectivity index (χ3n) is 6.05. The zero-order chi connectivity index (χ0) is 24.0. The van der Waals surface area contributed by atoms with Gasteiger partial charge in [-0.05, 0) is 0 Å². The summed E-state index contributed by atoms with van der Waals surface area (Å²) in [6, 6.07) is 38.0. The van der Waals surface area contributed by atoms with Crippen LogP contribution in [0.15, 0.2) is 126 Å². The van der Waals surface area contributed by atoms with Crippen LogP contribution in [0.25, 0.3) is 22.6 Å². The molecule has 1 aromatic heterocycles. The molecule has 3 nitrogen and oxygen atoms in total. The van der Waals surface area contributed by atoms with Gasteiger partial charge in [0, 0.05) is 46.2 Å². The summed E-state index contributed by atoms with van der Waals surface area (Å²) in [4.78, 5) is 26.6. The van der Waals surface area contributed by atoms with Gasteiger partial charge >= 0.3 is 0 Å². The summed E-state index contributed by atoms with van der Waals surface area (Å²) in [5.74, 6) is 1.22. The Labute approximate surface area is 204 Å². The molecule has 0 aliphatic carbocycles. The Morgan fingerprint density at radius 2 is 0.771 bits per heavy atom. The van der Waals surface area contributed by atoms with E-state index in [-0.39, 0.29) is 24.4 Å². The second-order valence-electron chi connectivity index (χ2n) is 8.38. The first-order valence-corrected chi connectivity index (χ1v) is 11.6. The van der Waals surface area contributed by atoms with E-state index >= 15 is 0 Å². The fourth-order valence-electron chi connectivity index (χ4n) is 4.29. The minimum Gasteiger partial charge on any atom is -0.455 e. The van der Waals surface area contributed by atoms with Gasteiger partial charge in [-0.15, -0.1) is 0 Å². The molecule has 4 aromatic carbocycles. The van der Waals surface area contributed by atoms with Crippen LogP contribution in [0.2, 0.25) is 0 Å². The minimum absolute atomic E-state index is 0.0170. The highest BCUT2D eigenvalue weighted by Crippen LogP contribution is 2.39. The summed E-state index contributed by atoms with van der Waals surface area (Å²) in [5, 5.41) is 0. The predicted molar refractivity (Wildman–Crippen MR) is 139 cm³/mol. The van der Waals surface area contributed by atoms with Crippen LogP contribution in [0.1, 0.15) is 31.8 Å². The Hall–Kier alpha value is -4.50. The van der Waals surface area contributed by atoms with Crippen LogP contribution in [0.3, 0.4) is 0 Å². The van der Waals surface area contributed by atoms with Crippen LogP contribution in [0.4, 0.5) is 0 Å². The van der Waals surface area contributed by atoms with Crippen molar-refractivity contribution < 1.29 is 14.0 Å². The average Bonchev–Trinajstić information content (AvgIpc) is 3.28. The van der Waals surface area contributed by atoms with Gasteiger partial charge in [-0.1, -0.05) is 121 Å². The fourth-order valence-corrected chi connectivity index (χ4v) is 4.29. The molecule has 0 fully saturated rings. The van der Waals surface area contributed by atoms with Crippen molar-refractivity contribution in [2.24, 2.45) is 0 Å². The lowest BCUT2D eigenvalue weighted by molar-refractivity contribution is 0.0979. The van der Waals surface area contributed by atoms with Crippen LogP contribution in [-0.2, 0) is 12.8 Å². The molecule has 0 amide bonds. The van der Waals surface area contributed by atoms with E-state index in [4.69, 9.17) is 4.42 Å². The summed E-state index contributed by atoms with van der Waals surface area (Å²) < 4.78 is 6.49. The second kappa shape index (κ2) is 10.2. The third-order valence-corrected chi connectivity index (χ3v) is 6.05. The Balaban J connectivity index is 1.67. The zero-order valence-corrected chi connectivity index (χ0v) is 19.2. The molecule has 3 heteroatoms. The van der Waals surface area contributed by atoms with E-state index in [0.29, 0.717) is 22.6 Å². The molecule has 0 unspecified atom stereocenters. The number of carbonyl (C=O) groups excluding carboxylic acids is 2. The van der Waals surface area contributed by atoms with Crippen LogP contribution >= 0.6 is 0 Å². The molecule has 35 heavy (non-hydrogen) atoms. The van der Waals surface area contributed by atoms with E-state index in [1.807, 2.05) is 121 Å². The largest absolute Gasteiger partial charge is 0.455 e.